The summed E-state index contributed by atoms with van der Waals surface area (Å²) in [6.45, 7) is 6.61. The molecule has 0 aromatic heterocycles. The van der Waals surface area contributed by atoms with Gasteiger partial charge in [-0.05, 0) is 30.5 Å². The molecule has 1 aromatic rings. The van der Waals surface area contributed by atoms with Gasteiger partial charge in [0.05, 0.1) is 12.1 Å². The molecule has 0 aliphatic heterocycles. The first kappa shape index (κ1) is 15.6. The van der Waals surface area contributed by atoms with Crippen molar-refractivity contribution in [3.05, 3.63) is 27.7 Å². The van der Waals surface area contributed by atoms with Crippen molar-refractivity contribution in [1.82, 2.24) is 5.32 Å². The summed E-state index contributed by atoms with van der Waals surface area (Å²) >= 11 is 12.5. The monoisotopic (exact) mass is 289 g/mol. The van der Waals surface area contributed by atoms with Crippen LogP contribution in [0.25, 0.3) is 0 Å². The molecule has 0 saturated heterocycles. The first-order chi connectivity index (χ1) is 8.28. The molecule has 0 spiro atoms. The summed E-state index contributed by atoms with van der Waals surface area (Å²) in [7, 11) is 3.52. The molecule has 18 heavy (non-hydrogen) atoms. The zero-order valence-electron chi connectivity index (χ0n) is 11.6. The van der Waals surface area contributed by atoms with Crippen molar-refractivity contribution in [3.63, 3.8) is 0 Å². The summed E-state index contributed by atoms with van der Waals surface area (Å²) in [4.78, 5) is 0. The molecule has 0 bridgehead atoms. The minimum absolute atomic E-state index is 0.181. The first-order valence-electron chi connectivity index (χ1n) is 5.98. The molecule has 1 rings (SSSR count). The Morgan fingerprint density at radius 1 is 1.22 bits per heavy atom. The van der Waals surface area contributed by atoms with E-state index < -0.39 is 0 Å². The van der Waals surface area contributed by atoms with E-state index in [9.17, 15) is 0 Å². The SMILES string of the molecule is CNC(CC(C)(C)C)c1cc(Cl)c(OC)cc1Cl. The first-order valence-corrected chi connectivity index (χ1v) is 6.74. The van der Waals surface area contributed by atoms with Crippen LogP contribution in [-0.2, 0) is 0 Å². The molecular weight excluding hydrogens is 269 g/mol. The van der Waals surface area contributed by atoms with Gasteiger partial charge in [-0.1, -0.05) is 44.0 Å². The number of hydrogen-bond acceptors (Lipinski definition) is 2. The van der Waals surface area contributed by atoms with Gasteiger partial charge in [0.1, 0.15) is 5.75 Å². The van der Waals surface area contributed by atoms with E-state index in [0.29, 0.717) is 15.8 Å². The van der Waals surface area contributed by atoms with Crippen molar-refractivity contribution < 1.29 is 4.74 Å². The Labute approximate surface area is 120 Å². The molecule has 0 radical (unpaired) electrons. The van der Waals surface area contributed by atoms with E-state index in [-0.39, 0.29) is 11.5 Å². The van der Waals surface area contributed by atoms with E-state index in [1.165, 1.54) is 0 Å². The number of halogens is 2. The Bertz CT molecular complexity index is 413. The molecule has 0 amide bonds. The Kier molecular flexibility index (Phi) is 5.32. The van der Waals surface area contributed by atoms with E-state index in [1.54, 1.807) is 13.2 Å². The topological polar surface area (TPSA) is 21.3 Å². The van der Waals surface area contributed by atoms with Crippen molar-refractivity contribution in [2.45, 2.75) is 33.2 Å². The Hall–Kier alpha value is -0.440. The lowest BCUT2D eigenvalue weighted by atomic mass is 9.85. The summed E-state index contributed by atoms with van der Waals surface area (Å²) in [5.74, 6) is 0.607. The molecule has 2 nitrogen and oxygen atoms in total. The Balaban J connectivity index is 3.10. The molecule has 4 heteroatoms. The van der Waals surface area contributed by atoms with E-state index in [2.05, 4.69) is 26.1 Å². The Morgan fingerprint density at radius 2 is 1.83 bits per heavy atom. The van der Waals surface area contributed by atoms with Crippen LogP contribution < -0.4 is 10.1 Å². The van der Waals surface area contributed by atoms with Gasteiger partial charge < -0.3 is 10.1 Å². The van der Waals surface area contributed by atoms with Gasteiger partial charge in [0.25, 0.3) is 0 Å². The van der Waals surface area contributed by atoms with Crippen LogP contribution >= 0.6 is 23.2 Å². The average molecular weight is 290 g/mol. The van der Waals surface area contributed by atoms with Gasteiger partial charge in [0.2, 0.25) is 0 Å². The van der Waals surface area contributed by atoms with Gasteiger partial charge >= 0.3 is 0 Å². The molecule has 1 atom stereocenters. The zero-order chi connectivity index (χ0) is 13.9. The van der Waals surface area contributed by atoms with Crippen LogP contribution in [0.4, 0.5) is 0 Å². The minimum Gasteiger partial charge on any atom is -0.495 e. The number of nitrogens with one attached hydrogen (secondary N) is 1. The maximum absolute atomic E-state index is 6.30. The zero-order valence-corrected chi connectivity index (χ0v) is 13.1. The highest BCUT2D eigenvalue weighted by Crippen LogP contribution is 2.37. The molecule has 0 heterocycles. The van der Waals surface area contributed by atoms with E-state index in [1.807, 2.05) is 13.1 Å². The molecular formula is C14H21Cl2NO. The predicted molar refractivity (Wildman–Crippen MR) is 78.9 cm³/mol. The maximum Gasteiger partial charge on any atom is 0.138 e. The van der Waals surface area contributed by atoms with Crippen LogP contribution in [0.15, 0.2) is 12.1 Å². The van der Waals surface area contributed by atoms with Crippen LogP contribution in [0.5, 0.6) is 5.75 Å². The third kappa shape index (κ3) is 4.04. The van der Waals surface area contributed by atoms with Crippen molar-refractivity contribution in [3.8, 4) is 5.75 Å². The lowest BCUT2D eigenvalue weighted by Gasteiger charge is -2.27. The number of methoxy groups -OCH3 is 1. The third-order valence-corrected chi connectivity index (χ3v) is 3.43. The van der Waals surface area contributed by atoms with Crippen LogP contribution in [0, 0.1) is 5.41 Å². The molecule has 0 aliphatic rings. The largest absolute Gasteiger partial charge is 0.495 e. The molecule has 1 N–H and O–H groups in total. The van der Waals surface area contributed by atoms with Crippen molar-refractivity contribution in [2.24, 2.45) is 5.41 Å². The summed E-state index contributed by atoms with van der Waals surface area (Å²) < 4.78 is 5.16. The van der Waals surface area contributed by atoms with Crippen LogP contribution in [-0.4, -0.2) is 14.2 Å². The molecule has 1 aromatic carbocycles. The lowest BCUT2D eigenvalue weighted by molar-refractivity contribution is 0.320. The fourth-order valence-corrected chi connectivity index (χ4v) is 2.48. The van der Waals surface area contributed by atoms with Crippen LogP contribution in [0.2, 0.25) is 10.0 Å². The van der Waals surface area contributed by atoms with Gasteiger partial charge in [-0.15, -0.1) is 0 Å². The van der Waals surface area contributed by atoms with Crippen molar-refractivity contribution in [2.75, 3.05) is 14.2 Å². The van der Waals surface area contributed by atoms with Crippen LogP contribution in [0.1, 0.15) is 38.8 Å². The Morgan fingerprint density at radius 3 is 2.28 bits per heavy atom. The number of hydrogen-bond donors (Lipinski definition) is 1. The quantitative estimate of drug-likeness (QED) is 0.868. The van der Waals surface area contributed by atoms with E-state index in [0.717, 1.165) is 12.0 Å². The standard InChI is InChI=1S/C14H21Cl2NO/c1-14(2,3)8-12(17-4)9-6-11(16)13(18-5)7-10(9)15/h6-7,12,17H,8H2,1-5H3. The number of rotatable bonds is 4. The smallest absolute Gasteiger partial charge is 0.138 e. The minimum atomic E-state index is 0.181. The van der Waals surface area contributed by atoms with Gasteiger partial charge in [0, 0.05) is 17.1 Å². The molecule has 102 valence electrons. The fourth-order valence-electron chi connectivity index (χ4n) is 1.95. The third-order valence-electron chi connectivity index (χ3n) is 2.81. The van der Waals surface area contributed by atoms with Gasteiger partial charge in [0.15, 0.2) is 0 Å². The van der Waals surface area contributed by atoms with E-state index >= 15 is 0 Å². The van der Waals surface area contributed by atoms with Gasteiger partial charge in [-0.3, -0.25) is 0 Å². The van der Waals surface area contributed by atoms with Crippen molar-refractivity contribution >= 4 is 23.2 Å². The van der Waals surface area contributed by atoms with Gasteiger partial charge in [-0.2, -0.15) is 0 Å². The second-order valence-corrected chi connectivity index (χ2v) is 6.43. The molecule has 0 saturated carbocycles. The lowest BCUT2D eigenvalue weighted by Crippen LogP contribution is -2.22. The van der Waals surface area contributed by atoms with Crippen LogP contribution in [0.3, 0.4) is 0 Å². The summed E-state index contributed by atoms with van der Waals surface area (Å²) in [5, 5.41) is 4.57. The normalized spacial score (nSPS) is 13.5. The predicted octanol–water partition coefficient (Wildman–Crippen LogP) is 4.70. The second kappa shape index (κ2) is 6.14. The summed E-state index contributed by atoms with van der Waals surface area (Å²) in [6, 6.07) is 3.84. The number of ether oxygens (including phenoxy) is 1. The average Bonchev–Trinajstić information content (AvgIpc) is 2.27. The maximum atomic E-state index is 6.30. The highest BCUT2D eigenvalue weighted by atomic mass is 35.5. The molecule has 0 fully saturated rings. The summed E-state index contributed by atoms with van der Waals surface area (Å²) in [5.41, 5.74) is 1.23. The number of benzene rings is 1. The molecule has 1 unspecified atom stereocenters. The highest BCUT2D eigenvalue weighted by Gasteiger charge is 2.22. The van der Waals surface area contributed by atoms with E-state index in [4.69, 9.17) is 27.9 Å². The fraction of sp³-hybridized carbons (Fsp3) is 0.571. The van der Waals surface area contributed by atoms with Gasteiger partial charge in [-0.25, -0.2) is 0 Å². The summed E-state index contributed by atoms with van der Waals surface area (Å²) in [6.07, 6.45) is 0.978. The highest BCUT2D eigenvalue weighted by molar-refractivity contribution is 6.34. The van der Waals surface area contributed by atoms with Crippen molar-refractivity contribution in [1.29, 1.82) is 0 Å². The second-order valence-electron chi connectivity index (χ2n) is 5.61. The molecule has 0 aliphatic carbocycles.